The Balaban J connectivity index is 0.000000164. The van der Waals surface area contributed by atoms with Gasteiger partial charge in [0.1, 0.15) is 40.4 Å². The topological polar surface area (TPSA) is 317 Å². The molecule has 4 atom stereocenters. The van der Waals surface area contributed by atoms with Crippen LogP contribution in [0.1, 0.15) is 215 Å². The summed E-state index contributed by atoms with van der Waals surface area (Å²) in [6.45, 7) is 32.3. The molecule has 25 nitrogen and oxygen atoms in total. The molecule has 3 saturated heterocycles. The van der Waals surface area contributed by atoms with Crippen molar-refractivity contribution in [1.29, 1.82) is 0 Å². The molecule has 4 aliphatic heterocycles. The highest BCUT2D eigenvalue weighted by Gasteiger charge is 2.38. The molecular weight excluding hydrogens is 1680 g/mol. The van der Waals surface area contributed by atoms with Gasteiger partial charge in [-0.1, -0.05) is 128 Å². The van der Waals surface area contributed by atoms with Crippen molar-refractivity contribution in [2.24, 2.45) is 0 Å². The minimum atomic E-state index is -1.95. The summed E-state index contributed by atoms with van der Waals surface area (Å²) in [4.78, 5) is 94.5. The highest BCUT2D eigenvalue weighted by Crippen LogP contribution is 2.42. The summed E-state index contributed by atoms with van der Waals surface area (Å²) < 4.78 is 89.0. The number of carbonyl (C=O) groups is 1. The quantitative estimate of drug-likeness (QED) is 0.0209. The number of piperidine rings is 3. The molecule has 13 heterocycles. The van der Waals surface area contributed by atoms with Gasteiger partial charge in [-0.05, 0) is 199 Å². The number of hydrogen-bond donors (Lipinski definition) is 5. The summed E-state index contributed by atoms with van der Waals surface area (Å²) in [6.07, 6.45) is 15.2. The molecule has 0 aliphatic carbocycles. The number of nitrogens with one attached hydrogen (secondary N) is 1. The number of aliphatic hydroxyl groups is 2. The summed E-state index contributed by atoms with van der Waals surface area (Å²) in [6, 6.07) is 18.0. The van der Waals surface area contributed by atoms with Crippen molar-refractivity contribution >= 4 is 107 Å². The lowest BCUT2D eigenvalue weighted by atomic mass is 9.77. The minimum Gasteiger partial charge on any atom is -0.423 e. The molecule has 124 heavy (non-hydrogen) atoms. The van der Waals surface area contributed by atoms with Gasteiger partial charge in [-0.15, -0.1) is 0 Å². The number of ether oxygens (including phenoxy) is 1. The summed E-state index contributed by atoms with van der Waals surface area (Å²) >= 11 is 18.2. The zero-order valence-corrected chi connectivity index (χ0v) is 75.4. The van der Waals surface area contributed by atoms with E-state index in [0.29, 0.717) is 95.3 Å². The van der Waals surface area contributed by atoms with Gasteiger partial charge < -0.3 is 44.5 Å². The Morgan fingerprint density at radius 3 is 1.57 bits per heavy atom. The van der Waals surface area contributed by atoms with E-state index in [0.717, 1.165) is 79.9 Å². The van der Waals surface area contributed by atoms with Crippen LogP contribution in [0, 0.1) is 29.1 Å². The predicted molar refractivity (Wildman–Crippen MR) is 478 cm³/mol. The van der Waals surface area contributed by atoms with Crippen LogP contribution in [-0.4, -0.2) is 158 Å². The second kappa shape index (κ2) is 41.3. The predicted octanol–water partition coefficient (Wildman–Crippen LogP) is 16.0. The number of nitrogens with zero attached hydrogens (tertiary/aromatic N) is 14. The van der Waals surface area contributed by atoms with E-state index in [1.807, 2.05) is 57.4 Å². The van der Waals surface area contributed by atoms with Crippen LogP contribution in [0.15, 0.2) is 106 Å². The number of pyridine rings is 6. The summed E-state index contributed by atoms with van der Waals surface area (Å²) in [5.74, 6) is -3.06. The Morgan fingerprint density at radius 1 is 0.597 bits per heavy atom. The molecule has 35 heteroatoms. The van der Waals surface area contributed by atoms with E-state index < -0.39 is 67.9 Å². The Hall–Kier alpha value is -9.45. The average Bonchev–Trinajstić information content (AvgIpc) is 0.746. The van der Waals surface area contributed by atoms with Gasteiger partial charge >= 0.3 is 24.2 Å². The molecule has 0 spiro atoms. The molecule has 3 fully saturated rings. The second-order valence-electron chi connectivity index (χ2n) is 33.8. The smallest absolute Gasteiger partial charge is 0.423 e. The maximum Gasteiger partial charge on any atom is 0.492 e. The Bertz CT molecular complexity index is 5900. The van der Waals surface area contributed by atoms with Crippen molar-refractivity contribution in [2.45, 2.75) is 220 Å². The molecule has 2 bridgehead atoms. The molecule has 0 amide bonds. The maximum absolute atomic E-state index is 16.0. The minimum absolute atomic E-state index is 0.00481. The standard InChI is InChI=1S/C30H31F2N5O3.C23H29Cl2FN4O2Si.C23H27ClFN5O2.C7H6BFO3.C6H13N/c1-16(2)24-26-18(10-12-33-24)11-14-40-29(38)19-8-6-9-21(31)23(19)25-22(32)15-20-27(36-13-5-4-7-17(36)3)35-30(39)37(26)28(20)34-25;1-13(2)17-18(14(8-10-27-17)9-11-32-33(6,7)23(3,4)5)30-21-15(19(24)29-22(30)31)12-16(26)20(25)28-21;1-13(2)18-19(15(8-11-31)7-9-26-18)30-22-16(12-17(25)20(24)27-22)21(28-23(30)32)29-10-5-4-6-14(29)3;9-6-3-1-2-5(4-10)7(6)8(11)12;1-6-4-2-3-5-7-6/h6,8-10,12,15-17,29,38H,4-5,7,11,13-14H2,1-3H3;8,10,12-13H,9,11H2,1-7H3;7,9,12-14,31H,4-6,8,10-11H2,1-3H3;1-4,11-12H;6-7H,2-5H2,1H3/t17-,29?;;14-;;6-/m0.0.0/s1. The number of anilines is 2. The van der Waals surface area contributed by atoms with Gasteiger partial charge in [-0.25, -0.2) is 65.0 Å². The summed E-state index contributed by atoms with van der Waals surface area (Å²) in [5.41, 5.74) is 3.76. The van der Waals surface area contributed by atoms with Crippen LogP contribution in [0.5, 0.6) is 0 Å². The van der Waals surface area contributed by atoms with Gasteiger partial charge in [-0.2, -0.15) is 15.0 Å². The molecule has 0 radical (unpaired) electrons. The molecule has 1 unspecified atom stereocenters. The van der Waals surface area contributed by atoms with E-state index in [2.05, 4.69) is 105 Å². The van der Waals surface area contributed by atoms with E-state index in [9.17, 15) is 42.6 Å². The first-order valence-corrected chi connectivity index (χ1v) is 45.9. The van der Waals surface area contributed by atoms with Crippen molar-refractivity contribution in [2.75, 3.05) is 49.3 Å². The largest absolute Gasteiger partial charge is 0.492 e. The van der Waals surface area contributed by atoms with Gasteiger partial charge in [0.15, 0.2) is 59.3 Å². The molecule has 5 N–H and O–H groups in total. The molecule has 11 aromatic rings. The number of halogens is 8. The molecule has 0 saturated carbocycles. The SMILES string of the molecule is CC(C)c1nccc(CCO)c1-n1c(=O)nc(N2CCCC[C@@H]2C)c2cc(F)c(Cl)nc21.CC(C)c1nccc(CCO[Si](C)(C)C(C)(C)C)c1-n1c(=O)nc(Cl)c2cc(F)c(Cl)nc21.CC(C)c1nccc2c1-n1c(=O)nc(N3CCCC[C@@H]3C)c3cc(F)c(nc31)-c1c(F)cccc1C(O)OCC2.C[C@H]1CCCCN1.O=Cc1cccc(F)c1B(O)O. The van der Waals surface area contributed by atoms with E-state index in [-0.39, 0.29) is 114 Å². The third-order valence-corrected chi connectivity index (χ3v) is 28.5. The lowest BCUT2D eigenvalue weighted by Crippen LogP contribution is -2.41. The normalized spacial score (nSPS) is 16.8. The molecule has 2 aromatic carbocycles. The third-order valence-electron chi connectivity index (χ3n) is 23.1. The van der Waals surface area contributed by atoms with Gasteiger partial charge in [-0.3, -0.25) is 19.7 Å². The Labute approximate surface area is 732 Å². The second-order valence-corrected chi connectivity index (χ2v) is 39.7. The lowest BCUT2D eigenvalue weighted by Gasteiger charge is -2.36. The first kappa shape index (κ1) is 95.2. The monoisotopic (exact) mass is 1780 g/mol. The van der Waals surface area contributed by atoms with Crippen molar-refractivity contribution in [3.05, 3.63) is 212 Å². The third kappa shape index (κ3) is 21.1. The zero-order chi connectivity index (χ0) is 90.1. The number of carbonyl (C=O) groups excluding carboxylic acids is 1. The van der Waals surface area contributed by atoms with Crippen LogP contribution < -0.4 is 37.6 Å². The van der Waals surface area contributed by atoms with Crippen molar-refractivity contribution in [1.82, 2.24) is 63.9 Å². The van der Waals surface area contributed by atoms with Crippen LogP contribution in [-0.2, 0) is 28.4 Å². The highest BCUT2D eigenvalue weighted by molar-refractivity contribution is 6.74. The molecule has 4 aliphatic rings. The highest BCUT2D eigenvalue weighted by atomic mass is 35.5. The summed E-state index contributed by atoms with van der Waals surface area (Å²) in [5, 5.41) is 41.5. The fourth-order valence-corrected chi connectivity index (χ4v) is 17.1. The fourth-order valence-electron chi connectivity index (χ4n) is 15.6. The van der Waals surface area contributed by atoms with E-state index in [4.69, 9.17) is 54.0 Å². The molecule has 660 valence electrons. The maximum atomic E-state index is 16.0. The van der Waals surface area contributed by atoms with Crippen LogP contribution in [0.2, 0.25) is 33.6 Å². The Kier molecular flexibility index (Phi) is 31.7. The van der Waals surface area contributed by atoms with Crippen molar-refractivity contribution < 1.29 is 56.2 Å². The van der Waals surface area contributed by atoms with Crippen LogP contribution in [0.3, 0.4) is 0 Å². The number of aromatic nitrogens is 12. The lowest BCUT2D eigenvalue weighted by molar-refractivity contribution is -0.101. The average molecular weight is 1790 g/mol. The number of benzene rings is 2. The van der Waals surface area contributed by atoms with Crippen molar-refractivity contribution in [3.8, 4) is 28.3 Å². The van der Waals surface area contributed by atoms with E-state index >= 15 is 8.78 Å². The first-order valence-electron chi connectivity index (χ1n) is 41.9. The Morgan fingerprint density at radius 2 is 1.08 bits per heavy atom. The van der Waals surface area contributed by atoms with E-state index in [1.165, 1.54) is 82.0 Å². The van der Waals surface area contributed by atoms with Gasteiger partial charge in [0.25, 0.3) is 0 Å². The number of aldehydes is 1. The number of fused-ring (bicyclic) bond motifs is 7. The van der Waals surface area contributed by atoms with Gasteiger partial charge in [0, 0.05) is 85.2 Å². The first-order chi connectivity index (χ1) is 58.9. The van der Waals surface area contributed by atoms with E-state index in [1.54, 1.807) is 30.7 Å². The van der Waals surface area contributed by atoms with Gasteiger partial charge in [0.05, 0.1) is 56.9 Å². The van der Waals surface area contributed by atoms with Gasteiger partial charge in [0.2, 0.25) is 0 Å². The molecule has 15 rings (SSSR count). The number of hydrogen-bond acceptors (Lipinski definition) is 22. The van der Waals surface area contributed by atoms with Crippen LogP contribution in [0.4, 0.5) is 33.6 Å². The number of rotatable bonds is 15. The summed E-state index contributed by atoms with van der Waals surface area (Å²) in [7, 11) is -3.90. The zero-order valence-electron chi connectivity index (χ0n) is 72.1. The van der Waals surface area contributed by atoms with Crippen LogP contribution in [0.25, 0.3) is 61.4 Å². The molecular formula is C89H106BCl3F5N15O10Si. The number of aliphatic hydroxyl groups excluding tert-OH is 2. The van der Waals surface area contributed by atoms with Crippen molar-refractivity contribution in [3.63, 3.8) is 0 Å². The fraction of sp³-hybridized carbons (Fsp3) is 0.449. The van der Waals surface area contributed by atoms with Crippen LogP contribution >= 0.6 is 34.8 Å². The molecule has 9 aromatic heterocycles.